The third-order valence-corrected chi connectivity index (χ3v) is 5.75. The van der Waals surface area contributed by atoms with Gasteiger partial charge in [0.05, 0.1) is 10.5 Å². The minimum absolute atomic E-state index is 0.00263. The maximum Gasteiger partial charge on any atom is 0.335 e. The van der Waals surface area contributed by atoms with Gasteiger partial charge in [-0.3, -0.25) is 9.10 Å². The van der Waals surface area contributed by atoms with Crippen molar-refractivity contribution in [1.29, 1.82) is 0 Å². The van der Waals surface area contributed by atoms with Crippen molar-refractivity contribution in [2.45, 2.75) is 4.90 Å². The van der Waals surface area contributed by atoms with Crippen LogP contribution in [0.25, 0.3) is 5.76 Å². The number of Topliss-reactive ketones (excluding diaryl/α,β-unsaturated/α-hetero) is 1. The molecule has 1 aliphatic rings. The van der Waals surface area contributed by atoms with E-state index in [0.29, 0.717) is 0 Å². The van der Waals surface area contributed by atoms with Gasteiger partial charge >= 0.3 is 5.97 Å². The smallest absolute Gasteiger partial charge is 0.335 e. The first kappa shape index (κ1) is 16.7. The number of benzene rings is 2. The predicted octanol–water partition coefficient (Wildman–Crippen LogP) is 2.13. The fourth-order valence-electron chi connectivity index (χ4n) is 2.58. The first-order valence-corrected chi connectivity index (χ1v) is 8.59. The molecule has 1 aliphatic heterocycles. The molecule has 3 rings (SSSR count). The number of fused-ring (bicyclic) bond motifs is 1. The second-order valence-electron chi connectivity index (χ2n) is 5.38. The highest BCUT2D eigenvalue weighted by Crippen LogP contribution is 2.34. The van der Waals surface area contributed by atoms with Crippen LogP contribution in [0.3, 0.4) is 0 Å². The average Bonchev–Trinajstić information content (AvgIpc) is 2.60. The summed E-state index contributed by atoms with van der Waals surface area (Å²) in [4.78, 5) is 23.5. The lowest BCUT2D eigenvalue weighted by Crippen LogP contribution is -2.37. The third-order valence-electron chi connectivity index (χ3n) is 3.93. The van der Waals surface area contributed by atoms with Gasteiger partial charge < -0.3 is 10.2 Å². The molecular formula is C17H13NO6S. The minimum atomic E-state index is -3.98. The average molecular weight is 359 g/mol. The Hall–Kier alpha value is -3.13. The van der Waals surface area contributed by atoms with Crippen molar-refractivity contribution < 1.29 is 28.2 Å². The molecule has 0 atom stereocenters. The van der Waals surface area contributed by atoms with Crippen LogP contribution in [0, 0.1) is 0 Å². The number of carboxylic acids is 1. The number of carbonyl (C=O) groups is 2. The molecule has 0 aliphatic carbocycles. The molecule has 7 nitrogen and oxygen atoms in total. The Balaban J connectivity index is 2.20. The molecule has 2 aromatic carbocycles. The summed E-state index contributed by atoms with van der Waals surface area (Å²) in [6.07, 6.45) is 0. The number of ketones is 1. The molecule has 0 saturated heterocycles. The summed E-state index contributed by atoms with van der Waals surface area (Å²) in [5.74, 6) is -2.31. The Bertz CT molecular complexity index is 1020. The molecule has 8 heteroatoms. The van der Waals surface area contributed by atoms with Gasteiger partial charge in [0.25, 0.3) is 10.0 Å². The standard InChI is InChI=1S/C17H13NO6S/c1-18-14(15(19)10-6-8-11(9-7-10)17(21)22)16(20)12-4-2-3-5-13(12)25(18,23)24/h2-9,19H,1H3,(H,21,22). The van der Waals surface area contributed by atoms with Crippen LogP contribution in [0.5, 0.6) is 0 Å². The molecule has 0 aromatic heterocycles. The normalized spacial score (nSPS) is 17.8. The van der Waals surface area contributed by atoms with E-state index in [2.05, 4.69) is 0 Å². The SMILES string of the molecule is CN1C(=C(O)c2ccc(C(=O)O)cc2)C(=O)c2ccccc2S1(=O)=O. The lowest BCUT2D eigenvalue weighted by atomic mass is 10.0. The molecule has 2 aromatic rings. The number of hydrogen-bond donors (Lipinski definition) is 2. The molecule has 0 spiro atoms. The van der Waals surface area contributed by atoms with E-state index in [1.54, 1.807) is 0 Å². The number of hydrogen-bond acceptors (Lipinski definition) is 5. The third kappa shape index (κ3) is 2.56. The summed E-state index contributed by atoms with van der Waals surface area (Å²) in [5.41, 5.74) is -0.274. The second kappa shape index (κ2) is 5.75. The van der Waals surface area contributed by atoms with Crippen molar-refractivity contribution in [3.8, 4) is 0 Å². The zero-order valence-electron chi connectivity index (χ0n) is 13.0. The van der Waals surface area contributed by atoms with E-state index in [1.807, 2.05) is 0 Å². The molecule has 0 fully saturated rings. The summed E-state index contributed by atoms with van der Waals surface area (Å²) in [5, 5.41) is 19.4. The van der Waals surface area contributed by atoms with Crippen molar-refractivity contribution in [3.63, 3.8) is 0 Å². The number of likely N-dealkylation sites (N-methyl/N-ethyl adjacent to an activating group) is 1. The van der Waals surface area contributed by atoms with E-state index >= 15 is 0 Å². The highest BCUT2D eigenvalue weighted by Gasteiger charge is 2.39. The molecular weight excluding hydrogens is 346 g/mol. The Kier molecular flexibility index (Phi) is 3.84. The van der Waals surface area contributed by atoms with Crippen LogP contribution in [0.15, 0.2) is 59.1 Å². The van der Waals surface area contributed by atoms with E-state index in [9.17, 15) is 23.1 Å². The zero-order valence-corrected chi connectivity index (χ0v) is 13.8. The van der Waals surface area contributed by atoms with Gasteiger partial charge in [0, 0.05) is 18.2 Å². The molecule has 25 heavy (non-hydrogen) atoms. The Labute approximate surface area is 143 Å². The van der Waals surface area contributed by atoms with E-state index in [4.69, 9.17) is 5.11 Å². The predicted molar refractivity (Wildman–Crippen MR) is 88.7 cm³/mol. The zero-order chi connectivity index (χ0) is 18.4. The van der Waals surface area contributed by atoms with Crippen LogP contribution in [0.4, 0.5) is 0 Å². The lowest BCUT2D eigenvalue weighted by molar-refractivity contribution is 0.0696. The molecule has 0 unspecified atom stereocenters. The molecule has 1 heterocycles. The first-order valence-electron chi connectivity index (χ1n) is 7.15. The monoisotopic (exact) mass is 359 g/mol. The number of aromatic carboxylic acids is 1. The second-order valence-corrected chi connectivity index (χ2v) is 7.32. The van der Waals surface area contributed by atoms with Crippen molar-refractivity contribution in [1.82, 2.24) is 4.31 Å². The molecule has 0 bridgehead atoms. The van der Waals surface area contributed by atoms with Crippen LogP contribution in [-0.4, -0.2) is 41.7 Å². The Morgan fingerprint density at radius 1 is 0.960 bits per heavy atom. The molecule has 0 radical (unpaired) electrons. The van der Waals surface area contributed by atoms with Crippen LogP contribution in [0.1, 0.15) is 26.3 Å². The molecule has 2 N–H and O–H groups in total. The van der Waals surface area contributed by atoms with Crippen LogP contribution < -0.4 is 0 Å². The summed E-state index contributed by atoms with van der Waals surface area (Å²) >= 11 is 0. The summed E-state index contributed by atoms with van der Waals surface area (Å²) in [6.45, 7) is 0. The van der Waals surface area contributed by atoms with Gasteiger partial charge in [-0.15, -0.1) is 0 Å². The van der Waals surface area contributed by atoms with E-state index in [0.717, 1.165) is 4.31 Å². The number of carboxylic acid groups (broad SMARTS) is 1. The Morgan fingerprint density at radius 3 is 2.12 bits per heavy atom. The summed E-state index contributed by atoms with van der Waals surface area (Å²) in [7, 11) is -2.80. The molecule has 128 valence electrons. The first-order chi connectivity index (χ1) is 11.7. The number of carbonyl (C=O) groups excluding carboxylic acids is 1. The maximum atomic E-state index is 12.7. The molecule has 0 saturated carbocycles. The van der Waals surface area contributed by atoms with Crippen molar-refractivity contribution >= 4 is 27.5 Å². The summed E-state index contributed by atoms with van der Waals surface area (Å²) in [6, 6.07) is 10.9. The fraction of sp³-hybridized carbons (Fsp3) is 0.0588. The van der Waals surface area contributed by atoms with Crippen molar-refractivity contribution in [3.05, 3.63) is 70.9 Å². The van der Waals surface area contributed by atoms with Gasteiger partial charge in [0.15, 0.2) is 5.76 Å². The van der Waals surface area contributed by atoms with Crippen molar-refractivity contribution in [2.75, 3.05) is 7.05 Å². The maximum absolute atomic E-state index is 12.7. The van der Waals surface area contributed by atoms with Crippen LogP contribution >= 0.6 is 0 Å². The number of aliphatic hydroxyl groups excluding tert-OH is 1. The van der Waals surface area contributed by atoms with Gasteiger partial charge in [0.1, 0.15) is 5.70 Å². The number of sulfonamides is 1. The number of rotatable bonds is 2. The quantitative estimate of drug-likeness (QED) is 0.627. The van der Waals surface area contributed by atoms with E-state index < -0.39 is 27.5 Å². The van der Waals surface area contributed by atoms with Crippen LogP contribution in [0.2, 0.25) is 0 Å². The van der Waals surface area contributed by atoms with Gasteiger partial charge in [-0.25, -0.2) is 13.2 Å². The fourth-order valence-corrected chi connectivity index (χ4v) is 3.98. The highest BCUT2D eigenvalue weighted by molar-refractivity contribution is 7.89. The van der Waals surface area contributed by atoms with Crippen molar-refractivity contribution in [2.24, 2.45) is 0 Å². The number of aliphatic hydroxyl groups is 1. The van der Waals surface area contributed by atoms with E-state index in [1.165, 1.54) is 55.6 Å². The largest absolute Gasteiger partial charge is 0.505 e. The van der Waals surface area contributed by atoms with Gasteiger partial charge in [-0.05, 0) is 24.3 Å². The number of allylic oxidation sites excluding steroid dienone is 1. The topological polar surface area (TPSA) is 112 Å². The van der Waals surface area contributed by atoms with E-state index in [-0.39, 0.29) is 27.3 Å². The minimum Gasteiger partial charge on any atom is -0.505 e. The highest BCUT2D eigenvalue weighted by atomic mass is 32.2. The van der Waals surface area contributed by atoms with Gasteiger partial charge in [-0.2, -0.15) is 0 Å². The van der Waals surface area contributed by atoms with Gasteiger partial charge in [-0.1, -0.05) is 24.3 Å². The summed E-state index contributed by atoms with van der Waals surface area (Å²) < 4.78 is 25.9. The molecule has 0 amide bonds. The Morgan fingerprint density at radius 2 is 1.52 bits per heavy atom. The number of nitrogens with zero attached hydrogens (tertiary/aromatic N) is 1. The lowest BCUT2D eigenvalue weighted by Gasteiger charge is -2.28. The van der Waals surface area contributed by atoms with Gasteiger partial charge in [0.2, 0.25) is 5.78 Å². The van der Waals surface area contributed by atoms with Crippen LogP contribution in [-0.2, 0) is 10.0 Å².